The molecule has 2 aliphatic rings. The summed E-state index contributed by atoms with van der Waals surface area (Å²) in [6.45, 7) is 2.00. The van der Waals surface area contributed by atoms with Crippen molar-refractivity contribution in [2.24, 2.45) is 12.8 Å². The first-order valence-corrected chi connectivity index (χ1v) is 9.09. The maximum Gasteiger partial charge on any atom is 0.265 e. The van der Waals surface area contributed by atoms with Gasteiger partial charge in [-0.05, 0) is 31.9 Å². The van der Waals surface area contributed by atoms with E-state index in [2.05, 4.69) is 9.62 Å². The first-order chi connectivity index (χ1) is 10.4. The van der Waals surface area contributed by atoms with Crippen LogP contribution in [0.3, 0.4) is 0 Å². The van der Waals surface area contributed by atoms with Gasteiger partial charge in [-0.1, -0.05) is 6.42 Å². The molecule has 3 heterocycles. The molecule has 0 saturated carbocycles. The van der Waals surface area contributed by atoms with Crippen molar-refractivity contribution < 1.29 is 13.2 Å². The van der Waals surface area contributed by atoms with Gasteiger partial charge in [0.05, 0.1) is 0 Å². The molecule has 2 unspecified atom stereocenters. The predicted octanol–water partition coefficient (Wildman–Crippen LogP) is 0.0291. The SMILES string of the molecule is Cn1cc(S(=O)(=O)NC2CCN3CCCCC23)cc1C(N)=O. The monoisotopic (exact) mass is 326 g/mol. The summed E-state index contributed by atoms with van der Waals surface area (Å²) in [5.41, 5.74) is 5.43. The van der Waals surface area contributed by atoms with Crippen LogP contribution in [0.25, 0.3) is 0 Å². The zero-order valence-corrected chi connectivity index (χ0v) is 13.5. The number of hydrogen-bond donors (Lipinski definition) is 2. The second-order valence-corrected chi connectivity index (χ2v) is 7.87. The van der Waals surface area contributed by atoms with Crippen LogP contribution in [0.2, 0.25) is 0 Å². The Morgan fingerprint density at radius 1 is 1.32 bits per heavy atom. The van der Waals surface area contributed by atoms with Gasteiger partial charge in [0, 0.05) is 31.9 Å². The maximum atomic E-state index is 12.6. The van der Waals surface area contributed by atoms with Crippen LogP contribution in [0.5, 0.6) is 0 Å². The number of piperidine rings is 1. The van der Waals surface area contributed by atoms with Crippen LogP contribution in [-0.2, 0) is 17.1 Å². The lowest BCUT2D eigenvalue weighted by Gasteiger charge is -2.32. The van der Waals surface area contributed by atoms with Gasteiger partial charge in [-0.2, -0.15) is 0 Å². The van der Waals surface area contributed by atoms with E-state index in [1.807, 2.05) is 0 Å². The average molecular weight is 326 g/mol. The Labute approximate surface area is 130 Å². The normalized spacial score (nSPS) is 26.0. The van der Waals surface area contributed by atoms with E-state index in [1.54, 1.807) is 7.05 Å². The molecule has 0 radical (unpaired) electrons. The molecule has 8 heteroatoms. The smallest absolute Gasteiger partial charge is 0.265 e. The molecule has 2 saturated heterocycles. The van der Waals surface area contributed by atoms with Crippen LogP contribution in [-0.4, -0.2) is 49.0 Å². The molecule has 22 heavy (non-hydrogen) atoms. The molecular weight excluding hydrogens is 304 g/mol. The molecule has 1 aromatic rings. The second-order valence-electron chi connectivity index (χ2n) is 6.15. The van der Waals surface area contributed by atoms with E-state index < -0.39 is 15.9 Å². The number of carbonyl (C=O) groups excluding carboxylic acids is 1. The minimum atomic E-state index is -3.63. The topological polar surface area (TPSA) is 97.4 Å². The molecule has 2 atom stereocenters. The summed E-state index contributed by atoms with van der Waals surface area (Å²) in [4.78, 5) is 13.7. The van der Waals surface area contributed by atoms with Crippen molar-refractivity contribution in [2.75, 3.05) is 13.1 Å². The Kier molecular flexibility index (Phi) is 4.00. The number of carbonyl (C=O) groups is 1. The minimum Gasteiger partial charge on any atom is -0.364 e. The third-order valence-corrected chi connectivity index (χ3v) is 6.16. The molecule has 1 amide bonds. The van der Waals surface area contributed by atoms with Crippen molar-refractivity contribution in [1.29, 1.82) is 0 Å². The number of nitrogens with zero attached hydrogens (tertiary/aromatic N) is 2. The van der Waals surface area contributed by atoms with Crippen molar-refractivity contribution in [2.45, 2.75) is 42.7 Å². The zero-order chi connectivity index (χ0) is 15.9. The Morgan fingerprint density at radius 2 is 2.09 bits per heavy atom. The van der Waals surface area contributed by atoms with Crippen LogP contribution in [0.15, 0.2) is 17.2 Å². The van der Waals surface area contributed by atoms with E-state index in [0.29, 0.717) is 6.04 Å². The second kappa shape index (κ2) is 5.68. The third kappa shape index (κ3) is 2.78. The van der Waals surface area contributed by atoms with Crippen LogP contribution in [0.4, 0.5) is 0 Å². The van der Waals surface area contributed by atoms with Crippen LogP contribution < -0.4 is 10.5 Å². The van der Waals surface area contributed by atoms with E-state index in [4.69, 9.17) is 5.73 Å². The highest BCUT2D eigenvalue weighted by Gasteiger charge is 2.38. The summed E-state index contributed by atoms with van der Waals surface area (Å²) in [5.74, 6) is -0.636. The van der Waals surface area contributed by atoms with E-state index in [0.717, 1.165) is 32.4 Å². The first-order valence-electron chi connectivity index (χ1n) is 7.61. The van der Waals surface area contributed by atoms with Gasteiger partial charge in [-0.25, -0.2) is 13.1 Å². The molecule has 1 aromatic heterocycles. The van der Waals surface area contributed by atoms with E-state index in [9.17, 15) is 13.2 Å². The highest BCUT2D eigenvalue weighted by Crippen LogP contribution is 2.28. The number of aromatic nitrogens is 1. The lowest BCUT2D eigenvalue weighted by Crippen LogP contribution is -2.46. The molecule has 0 aliphatic carbocycles. The molecule has 0 aromatic carbocycles. The van der Waals surface area contributed by atoms with Gasteiger partial charge in [0.25, 0.3) is 5.91 Å². The van der Waals surface area contributed by atoms with E-state index in [-0.39, 0.29) is 16.6 Å². The number of nitrogens with one attached hydrogen (secondary N) is 1. The van der Waals surface area contributed by atoms with Gasteiger partial charge in [0.15, 0.2) is 0 Å². The standard InChI is InChI=1S/C14H22N4O3S/c1-17-9-10(8-13(17)14(15)19)22(20,21)16-11-5-7-18-6-3-2-4-12(11)18/h8-9,11-12,16H,2-7H2,1H3,(H2,15,19). The molecule has 2 fully saturated rings. The molecule has 7 nitrogen and oxygen atoms in total. The van der Waals surface area contributed by atoms with Gasteiger partial charge in [-0.15, -0.1) is 0 Å². The van der Waals surface area contributed by atoms with Crippen molar-refractivity contribution >= 4 is 15.9 Å². The number of hydrogen-bond acceptors (Lipinski definition) is 4. The van der Waals surface area contributed by atoms with Crippen molar-refractivity contribution in [1.82, 2.24) is 14.2 Å². The minimum absolute atomic E-state index is 0.0532. The number of aryl methyl sites for hydroxylation is 1. The summed E-state index contributed by atoms with van der Waals surface area (Å²) in [6.07, 6.45) is 5.64. The third-order valence-electron chi connectivity index (χ3n) is 4.71. The quantitative estimate of drug-likeness (QED) is 0.815. The molecule has 2 aliphatic heterocycles. The summed E-state index contributed by atoms with van der Waals surface area (Å²) in [6, 6.07) is 1.57. The Hall–Kier alpha value is -1.38. The molecule has 0 bridgehead atoms. The average Bonchev–Trinajstić information content (AvgIpc) is 3.03. The van der Waals surface area contributed by atoms with Crippen molar-refractivity contribution in [3.8, 4) is 0 Å². The highest BCUT2D eigenvalue weighted by molar-refractivity contribution is 7.89. The summed E-state index contributed by atoms with van der Waals surface area (Å²) in [5, 5.41) is 0. The van der Waals surface area contributed by atoms with Crippen LogP contribution >= 0.6 is 0 Å². The predicted molar refractivity (Wildman–Crippen MR) is 81.9 cm³/mol. The van der Waals surface area contributed by atoms with Gasteiger partial charge >= 0.3 is 0 Å². The highest BCUT2D eigenvalue weighted by atomic mass is 32.2. The molecule has 0 spiro atoms. The van der Waals surface area contributed by atoms with E-state index >= 15 is 0 Å². The number of fused-ring (bicyclic) bond motifs is 1. The molecular formula is C14H22N4O3S. The van der Waals surface area contributed by atoms with Crippen molar-refractivity contribution in [3.05, 3.63) is 18.0 Å². The Morgan fingerprint density at radius 3 is 2.77 bits per heavy atom. The van der Waals surface area contributed by atoms with Gasteiger partial charge in [-0.3, -0.25) is 9.69 Å². The molecule has 3 N–H and O–H groups in total. The summed E-state index contributed by atoms with van der Waals surface area (Å²) in [7, 11) is -2.03. The maximum absolute atomic E-state index is 12.6. The number of nitrogens with two attached hydrogens (primary N) is 1. The first kappa shape index (κ1) is 15.5. The largest absolute Gasteiger partial charge is 0.364 e. The number of rotatable bonds is 4. The zero-order valence-electron chi connectivity index (χ0n) is 12.7. The fraction of sp³-hybridized carbons (Fsp3) is 0.643. The van der Waals surface area contributed by atoms with Gasteiger partial charge in [0.1, 0.15) is 10.6 Å². The molecule has 3 rings (SSSR count). The fourth-order valence-electron chi connectivity index (χ4n) is 3.58. The number of amides is 1. The molecule has 122 valence electrons. The summed E-state index contributed by atoms with van der Waals surface area (Å²) >= 11 is 0. The van der Waals surface area contributed by atoms with E-state index in [1.165, 1.54) is 23.3 Å². The number of primary amides is 1. The van der Waals surface area contributed by atoms with Crippen molar-refractivity contribution in [3.63, 3.8) is 0 Å². The lowest BCUT2D eigenvalue weighted by atomic mass is 10.00. The fourth-order valence-corrected chi connectivity index (χ4v) is 4.95. The lowest BCUT2D eigenvalue weighted by molar-refractivity contribution is 0.0992. The van der Waals surface area contributed by atoms with Gasteiger partial charge in [0.2, 0.25) is 10.0 Å². The number of sulfonamides is 1. The van der Waals surface area contributed by atoms with Crippen LogP contribution in [0.1, 0.15) is 36.2 Å². The Bertz CT molecular complexity index is 682. The van der Waals surface area contributed by atoms with Crippen LogP contribution in [0, 0.1) is 0 Å². The summed E-state index contributed by atoms with van der Waals surface area (Å²) < 4.78 is 29.4. The Balaban J connectivity index is 1.79. The van der Waals surface area contributed by atoms with Gasteiger partial charge < -0.3 is 10.3 Å².